The summed E-state index contributed by atoms with van der Waals surface area (Å²) >= 11 is 0. The summed E-state index contributed by atoms with van der Waals surface area (Å²) in [6.07, 6.45) is -2.82. The summed E-state index contributed by atoms with van der Waals surface area (Å²) < 4.78 is 101. The molecule has 1 aromatic rings. The molecule has 13 heteroatoms. The van der Waals surface area contributed by atoms with Gasteiger partial charge in [0.25, 0.3) is 0 Å². The lowest BCUT2D eigenvalue weighted by atomic mass is 10.2. The van der Waals surface area contributed by atoms with E-state index in [1.807, 2.05) is 13.8 Å². The van der Waals surface area contributed by atoms with Crippen LogP contribution in [0.2, 0.25) is 0 Å². The van der Waals surface area contributed by atoms with Gasteiger partial charge < -0.3 is 13.8 Å². The number of hydrogen-bond acceptors (Lipinski definition) is 7. The number of unbranched alkanes of at least 4 members (excludes halogenated alkanes) is 4. The number of alkyl halides is 3. The summed E-state index contributed by atoms with van der Waals surface area (Å²) in [6.45, 7) is 5.16. The van der Waals surface area contributed by atoms with Gasteiger partial charge in [0.2, 0.25) is 10.0 Å². The molecule has 1 rings (SSSR count). The van der Waals surface area contributed by atoms with E-state index in [2.05, 4.69) is 4.74 Å². The van der Waals surface area contributed by atoms with Crippen molar-refractivity contribution in [3.05, 3.63) is 29.8 Å². The van der Waals surface area contributed by atoms with Gasteiger partial charge in [-0.05, 0) is 38.8 Å². The molecule has 1 atom stereocenters. The van der Waals surface area contributed by atoms with Gasteiger partial charge in [0.05, 0.1) is 24.7 Å². The van der Waals surface area contributed by atoms with Gasteiger partial charge in [0.1, 0.15) is 0 Å². The van der Waals surface area contributed by atoms with Crippen molar-refractivity contribution >= 4 is 23.6 Å². The summed E-state index contributed by atoms with van der Waals surface area (Å²) in [7, 11) is -10.6. The number of hydrogen-bond donors (Lipinski definition) is 1. The van der Waals surface area contributed by atoms with Crippen LogP contribution in [-0.4, -0.2) is 45.7 Å². The van der Waals surface area contributed by atoms with Gasteiger partial charge in [-0.2, -0.15) is 17.9 Å². The van der Waals surface area contributed by atoms with Crippen LogP contribution in [0.25, 0.3) is 0 Å². The molecule has 35 heavy (non-hydrogen) atoms. The summed E-state index contributed by atoms with van der Waals surface area (Å²) in [5, 5.41) is -4.31. The van der Waals surface area contributed by atoms with Crippen LogP contribution in [0, 0.1) is 6.92 Å². The second-order valence-electron chi connectivity index (χ2n) is 7.93. The van der Waals surface area contributed by atoms with Crippen LogP contribution >= 0.6 is 7.60 Å². The number of esters is 1. The molecule has 0 aromatic heterocycles. The molecule has 1 aromatic carbocycles. The number of ether oxygens (including phenoxy) is 1. The number of carbonyl (C=O) groups excluding carboxylic acids is 1. The van der Waals surface area contributed by atoms with E-state index in [1.54, 1.807) is 6.92 Å². The lowest BCUT2D eigenvalue weighted by Gasteiger charge is -2.38. The van der Waals surface area contributed by atoms with E-state index >= 15 is 0 Å². The minimum absolute atomic E-state index is 0.223. The maximum absolute atomic E-state index is 14.7. The Morgan fingerprint density at radius 3 is 1.83 bits per heavy atom. The number of carbonyl (C=O) groups is 1. The van der Waals surface area contributed by atoms with Crippen LogP contribution < -0.4 is 4.72 Å². The molecule has 0 aliphatic rings. The van der Waals surface area contributed by atoms with Gasteiger partial charge in [-0.25, -0.2) is 13.2 Å². The van der Waals surface area contributed by atoms with Crippen LogP contribution in [0.4, 0.5) is 13.2 Å². The number of benzene rings is 1. The number of nitrogens with one attached hydrogen (secondary N) is 1. The molecule has 0 bridgehead atoms. The highest BCUT2D eigenvalue weighted by Gasteiger charge is 2.76. The standard InChI is InChI=1S/C22H35F3NO7PS/c1-5-8-10-16-32-34(28,33-17-11-9-6-2)21(22(23,24)25,20(27)31-7-3)26-35(29,30)19-14-12-18(4)13-15-19/h12-15,26H,5-11,16-17H2,1-4H3/t21-/m0/s1. The van der Waals surface area contributed by atoms with Gasteiger partial charge in [-0.3, -0.25) is 4.57 Å². The lowest BCUT2D eigenvalue weighted by molar-refractivity contribution is -0.194. The summed E-state index contributed by atoms with van der Waals surface area (Å²) in [6, 6.07) is 4.88. The van der Waals surface area contributed by atoms with Crippen LogP contribution in [0.3, 0.4) is 0 Å². The normalized spacial score (nSPS) is 14.5. The molecule has 0 radical (unpaired) electrons. The highest BCUT2D eigenvalue weighted by molar-refractivity contribution is 7.90. The molecule has 0 aliphatic heterocycles. The monoisotopic (exact) mass is 545 g/mol. The van der Waals surface area contributed by atoms with E-state index in [9.17, 15) is 30.9 Å². The number of sulfonamides is 1. The second kappa shape index (κ2) is 13.7. The molecule has 202 valence electrons. The number of halogens is 3. The second-order valence-corrected chi connectivity index (χ2v) is 11.8. The van der Waals surface area contributed by atoms with Gasteiger partial charge in [-0.1, -0.05) is 57.2 Å². The highest BCUT2D eigenvalue weighted by Crippen LogP contribution is 2.65. The molecule has 0 unspecified atom stereocenters. The molecule has 0 aliphatic carbocycles. The smallest absolute Gasteiger partial charge is 0.430 e. The van der Waals surface area contributed by atoms with Crippen molar-refractivity contribution < 1.29 is 44.7 Å². The Morgan fingerprint density at radius 2 is 1.43 bits per heavy atom. The molecule has 8 nitrogen and oxygen atoms in total. The average Bonchev–Trinajstić information content (AvgIpc) is 2.77. The molecular formula is C22H35F3NO7PS. The molecule has 0 spiro atoms. The zero-order valence-corrected chi connectivity index (χ0v) is 22.2. The topological polar surface area (TPSA) is 108 Å². The third-order valence-corrected chi connectivity index (χ3v) is 9.06. The van der Waals surface area contributed by atoms with E-state index in [4.69, 9.17) is 9.05 Å². The van der Waals surface area contributed by atoms with Crippen LogP contribution in [0.15, 0.2) is 29.2 Å². The predicted molar refractivity (Wildman–Crippen MR) is 125 cm³/mol. The Morgan fingerprint density at radius 1 is 0.943 bits per heavy atom. The Hall–Kier alpha value is -1.46. The Kier molecular flexibility index (Phi) is 12.4. The molecule has 0 fully saturated rings. The van der Waals surface area contributed by atoms with Crippen molar-refractivity contribution in [1.29, 1.82) is 0 Å². The molecule has 0 saturated heterocycles. The first-order valence-electron chi connectivity index (χ1n) is 11.5. The minimum Gasteiger partial charge on any atom is -0.464 e. The minimum atomic E-state index is -5.73. The van der Waals surface area contributed by atoms with E-state index < -0.39 is 59.8 Å². The Bertz CT molecular complexity index is 939. The molecular weight excluding hydrogens is 510 g/mol. The SMILES string of the molecule is CCCCCOP(=O)(OCCCCC)[C@@](NS(=O)(=O)c1ccc(C)cc1)(C(=O)OCC)C(F)(F)F. The van der Waals surface area contributed by atoms with Crippen molar-refractivity contribution in [1.82, 2.24) is 4.72 Å². The van der Waals surface area contributed by atoms with E-state index in [0.717, 1.165) is 12.1 Å². The quantitative estimate of drug-likeness (QED) is 0.161. The predicted octanol–water partition coefficient (Wildman–Crippen LogP) is 5.70. The zero-order valence-electron chi connectivity index (χ0n) is 20.5. The summed E-state index contributed by atoms with van der Waals surface area (Å²) in [4.78, 5) is 12.3. The van der Waals surface area contributed by atoms with E-state index in [-0.39, 0.29) is 12.8 Å². The lowest BCUT2D eigenvalue weighted by Crippen LogP contribution is -2.64. The fourth-order valence-corrected chi connectivity index (χ4v) is 6.86. The Labute approximate surface area is 205 Å². The fraction of sp³-hybridized carbons (Fsp3) is 0.682. The highest BCUT2D eigenvalue weighted by atomic mass is 32.2. The van der Waals surface area contributed by atoms with Gasteiger partial charge in [0.15, 0.2) is 0 Å². The van der Waals surface area contributed by atoms with E-state index in [0.29, 0.717) is 31.2 Å². The first-order chi connectivity index (χ1) is 16.3. The third kappa shape index (κ3) is 8.01. The zero-order chi connectivity index (χ0) is 26.8. The van der Waals surface area contributed by atoms with Crippen molar-refractivity contribution in [3.8, 4) is 0 Å². The molecule has 0 amide bonds. The first-order valence-corrected chi connectivity index (χ1v) is 14.6. The van der Waals surface area contributed by atoms with Gasteiger partial charge in [0, 0.05) is 0 Å². The maximum Gasteiger partial charge on any atom is 0.430 e. The molecule has 0 heterocycles. The van der Waals surface area contributed by atoms with E-state index in [1.165, 1.54) is 23.8 Å². The molecule has 1 N–H and O–H groups in total. The third-order valence-electron chi connectivity index (χ3n) is 5.02. The summed E-state index contributed by atoms with van der Waals surface area (Å²) in [5.74, 6) is -2.11. The maximum atomic E-state index is 14.7. The van der Waals surface area contributed by atoms with Crippen LogP contribution in [-0.2, 0) is 33.2 Å². The molecule has 0 saturated carbocycles. The van der Waals surface area contributed by atoms with Crippen molar-refractivity contribution in [2.45, 2.75) is 82.6 Å². The van der Waals surface area contributed by atoms with Crippen molar-refractivity contribution in [2.75, 3.05) is 19.8 Å². The average molecular weight is 546 g/mol. The summed E-state index contributed by atoms with van der Waals surface area (Å²) in [5.41, 5.74) is 0.653. The largest absolute Gasteiger partial charge is 0.464 e. The number of rotatable bonds is 16. The van der Waals surface area contributed by atoms with Crippen LogP contribution in [0.1, 0.15) is 64.9 Å². The van der Waals surface area contributed by atoms with Crippen molar-refractivity contribution in [2.24, 2.45) is 0 Å². The fourth-order valence-electron chi connectivity index (χ4n) is 3.05. The Balaban J connectivity index is 3.71. The van der Waals surface area contributed by atoms with Gasteiger partial charge in [-0.15, -0.1) is 0 Å². The van der Waals surface area contributed by atoms with Crippen LogP contribution in [0.5, 0.6) is 0 Å². The first kappa shape index (κ1) is 31.6. The van der Waals surface area contributed by atoms with Crippen molar-refractivity contribution in [3.63, 3.8) is 0 Å². The van der Waals surface area contributed by atoms with Gasteiger partial charge >= 0.3 is 25.0 Å². The number of aryl methyl sites for hydroxylation is 1.